The summed E-state index contributed by atoms with van der Waals surface area (Å²) in [6.45, 7) is 2.56. The van der Waals surface area contributed by atoms with Gasteiger partial charge >= 0.3 is 6.18 Å². The second kappa shape index (κ2) is 8.34. The number of para-hydroxylation sites is 1. The second-order valence-electron chi connectivity index (χ2n) is 5.65. The number of methoxy groups -OCH3 is 1. The maximum atomic E-state index is 12.4. The molecular formula is C16H23F3N2O3. The van der Waals surface area contributed by atoms with E-state index in [0.29, 0.717) is 5.75 Å². The maximum Gasteiger partial charge on any atom is 0.415 e. The van der Waals surface area contributed by atoms with Crippen molar-refractivity contribution in [1.29, 1.82) is 0 Å². The Balaban J connectivity index is 2.69. The summed E-state index contributed by atoms with van der Waals surface area (Å²) in [6.07, 6.45) is -7.21. The summed E-state index contributed by atoms with van der Waals surface area (Å²) >= 11 is 0. The van der Waals surface area contributed by atoms with Crippen LogP contribution in [0.25, 0.3) is 0 Å². The van der Waals surface area contributed by atoms with Crippen molar-refractivity contribution in [1.82, 2.24) is 10.2 Å². The first-order chi connectivity index (χ1) is 11.1. The Hall–Kier alpha value is -1.80. The number of aliphatic hydroxyl groups is 1. The molecule has 3 unspecified atom stereocenters. The Kier molecular flexibility index (Phi) is 7.04. The van der Waals surface area contributed by atoms with E-state index in [9.17, 15) is 18.0 Å². The number of benzene rings is 1. The quantitative estimate of drug-likeness (QED) is 0.792. The predicted octanol–water partition coefficient (Wildman–Crippen LogP) is 2.12. The number of amides is 1. The molecular weight excluding hydrogens is 325 g/mol. The van der Waals surface area contributed by atoms with Crippen molar-refractivity contribution in [2.45, 2.75) is 38.2 Å². The van der Waals surface area contributed by atoms with Gasteiger partial charge in [0.1, 0.15) is 5.75 Å². The SMILES string of the molecule is COc1ccccc1C(C)NC(=O)C(C)N(C)CC(O)C(F)(F)F. The van der Waals surface area contributed by atoms with Gasteiger partial charge in [-0.05, 0) is 27.0 Å². The van der Waals surface area contributed by atoms with Crippen LogP contribution in [0.2, 0.25) is 0 Å². The lowest BCUT2D eigenvalue weighted by atomic mass is 10.1. The highest BCUT2D eigenvalue weighted by Crippen LogP contribution is 2.24. The number of halogens is 3. The molecule has 2 N–H and O–H groups in total. The Labute approximate surface area is 139 Å². The summed E-state index contributed by atoms with van der Waals surface area (Å²) in [7, 11) is 2.87. The average molecular weight is 348 g/mol. The molecule has 5 nitrogen and oxygen atoms in total. The molecule has 3 atom stereocenters. The van der Waals surface area contributed by atoms with Gasteiger partial charge in [-0.3, -0.25) is 9.69 Å². The van der Waals surface area contributed by atoms with Crippen LogP contribution in [-0.4, -0.2) is 54.9 Å². The molecule has 8 heteroatoms. The molecule has 0 saturated heterocycles. The van der Waals surface area contributed by atoms with Crippen molar-refractivity contribution in [2.75, 3.05) is 20.7 Å². The summed E-state index contributed by atoms with van der Waals surface area (Å²) in [6, 6.07) is 5.94. The van der Waals surface area contributed by atoms with Gasteiger partial charge in [-0.2, -0.15) is 13.2 Å². The number of alkyl halides is 3. The minimum absolute atomic E-state index is 0.378. The number of aliphatic hydroxyl groups excluding tert-OH is 1. The van der Waals surface area contributed by atoms with Crippen LogP contribution in [0.4, 0.5) is 13.2 Å². The fraction of sp³-hybridized carbons (Fsp3) is 0.562. The molecule has 0 saturated carbocycles. The van der Waals surface area contributed by atoms with Crippen molar-refractivity contribution >= 4 is 5.91 Å². The second-order valence-corrected chi connectivity index (χ2v) is 5.65. The molecule has 0 aliphatic carbocycles. The van der Waals surface area contributed by atoms with Crippen LogP contribution in [0.5, 0.6) is 5.75 Å². The molecule has 0 bridgehead atoms. The lowest BCUT2D eigenvalue weighted by Gasteiger charge is -2.28. The highest BCUT2D eigenvalue weighted by Gasteiger charge is 2.39. The number of rotatable bonds is 7. The zero-order valence-corrected chi connectivity index (χ0v) is 14.1. The molecule has 0 aliphatic rings. The molecule has 136 valence electrons. The van der Waals surface area contributed by atoms with E-state index in [0.717, 1.165) is 10.5 Å². The monoisotopic (exact) mass is 348 g/mol. The summed E-state index contributed by atoms with van der Waals surface area (Å²) in [5.74, 6) is 0.170. The topological polar surface area (TPSA) is 61.8 Å². The summed E-state index contributed by atoms with van der Waals surface area (Å²) in [5, 5.41) is 11.8. The van der Waals surface area contributed by atoms with Crippen LogP contribution in [-0.2, 0) is 4.79 Å². The molecule has 1 aromatic rings. The molecule has 24 heavy (non-hydrogen) atoms. The van der Waals surface area contributed by atoms with Crippen molar-refractivity contribution in [2.24, 2.45) is 0 Å². The minimum Gasteiger partial charge on any atom is -0.496 e. The fourth-order valence-corrected chi connectivity index (χ4v) is 2.17. The van der Waals surface area contributed by atoms with E-state index >= 15 is 0 Å². The molecule has 1 amide bonds. The fourth-order valence-electron chi connectivity index (χ4n) is 2.17. The third-order valence-corrected chi connectivity index (χ3v) is 3.84. The van der Waals surface area contributed by atoms with E-state index in [-0.39, 0.29) is 6.04 Å². The van der Waals surface area contributed by atoms with E-state index in [4.69, 9.17) is 9.84 Å². The number of carbonyl (C=O) groups excluding carboxylic acids is 1. The van der Waals surface area contributed by atoms with Gasteiger partial charge < -0.3 is 15.2 Å². The van der Waals surface area contributed by atoms with Crippen molar-refractivity contribution < 1.29 is 27.8 Å². The van der Waals surface area contributed by atoms with Crippen molar-refractivity contribution in [3.63, 3.8) is 0 Å². The smallest absolute Gasteiger partial charge is 0.415 e. The summed E-state index contributed by atoms with van der Waals surface area (Å²) in [4.78, 5) is 13.4. The zero-order chi connectivity index (χ0) is 18.5. The van der Waals surface area contributed by atoms with Crippen LogP contribution in [0.15, 0.2) is 24.3 Å². The normalized spacial score (nSPS) is 15.7. The van der Waals surface area contributed by atoms with Crippen LogP contribution in [0.3, 0.4) is 0 Å². The van der Waals surface area contributed by atoms with Crippen molar-refractivity contribution in [3.05, 3.63) is 29.8 Å². The minimum atomic E-state index is -4.71. The molecule has 0 radical (unpaired) electrons. The zero-order valence-electron chi connectivity index (χ0n) is 14.1. The number of likely N-dealkylation sites (N-methyl/N-ethyl adjacent to an activating group) is 1. The maximum absolute atomic E-state index is 12.4. The first-order valence-electron chi connectivity index (χ1n) is 7.46. The Bertz CT molecular complexity index is 552. The van der Waals surface area contributed by atoms with Gasteiger partial charge in [-0.1, -0.05) is 18.2 Å². The van der Waals surface area contributed by atoms with E-state index < -0.39 is 30.8 Å². The van der Waals surface area contributed by atoms with Gasteiger partial charge in [-0.15, -0.1) is 0 Å². The molecule has 0 heterocycles. The van der Waals surface area contributed by atoms with E-state index in [2.05, 4.69) is 5.32 Å². The Morgan fingerprint density at radius 1 is 1.33 bits per heavy atom. The molecule has 0 fully saturated rings. The average Bonchev–Trinajstić information content (AvgIpc) is 2.52. The molecule has 1 aromatic carbocycles. The highest BCUT2D eigenvalue weighted by molar-refractivity contribution is 5.81. The standard InChI is InChI=1S/C16H23F3N2O3/c1-10(12-7-5-6-8-13(12)24-4)20-15(23)11(2)21(3)9-14(22)16(17,18)19/h5-8,10-11,14,22H,9H2,1-4H3,(H,20,23). The number of nitrogens with one attached hydrogen (secondary N) is 1. The van der Waals surface area contributed by atoms with Gasteiger partial charge in [0, 0.05) is 12.1 Å². The third-order valence-electron chi connectivity index (χ3n) is 3.84. The largest absolute Gasteiger partial charge is 0.496 e. The lowest BCUT2D eigenvalue weighted by Crippen LogP contribution is -2.48. The third kappa shape index (κ3) is 5.38. The first kappa shape index (κ1) is 20.2. The number of carbonyl (C=O) groups is 1. The van der Waals surface area contributed by atoms with Crippen LogP contribution in [0, 0.1) is 0 Å². The van der Waals surface area contributed by atoms with Gasteiger partial charge in [0.15, 0.2) is 6.10 Å². The van der Waals surface area contributed by atoms with Crippen LogP contribution in [0.1, 0.15) is 25.5 Å². The summed E-state index contributed by atoms with van der Waals surface area (Å²) < 4.78 is 42.4. The molecule has 0 aromatic heterocycles. The van der Waals surface area contributed by atoms with Gasteiger partial charge in [-0.25, -0.2) is 0 Å². The first-order valence-corrected chi connectivity index (χ1v) is 7.46. The Morgan fingerprint density at radius 3 is 2.46 bits per heavy atom. The van der Waals surface area contributed by atoms with Crippen LogP contribution < -0.4 is 10.1 Å². The van der Waals surface area contributed by atoms with Gasteiger partial charge in [0.25, 0.3) is 0 Å². The summed E-state index contributed by atoms with van der Waals surface area (Å²) in [5.41, 5.74) is 0.763. The van der Waals surface area contributed by atoms with Gasteiger partial charge in [0.2, 0.25) is 5.91 Å². The van der Waals surface area contributed by atoms with Gasteiger partial charge in [0.05, 0.1) is 19.2 Å². The van der Waals surface area contributed by atoms with Crippen LogP contribution >= 0.6 is 0 Å². The molecule has 1 rings (SSSR count). The highest BCUT2D eigenvalue weighted by atomic mass is 19.4. The predicted molar refractivity (Wildman–Crippen MR) is 83.7 cm³/mol. The van der Waals surface area contributed by atoms with E-state index in [1.165, 1.54) is 21.1 Å². The lowest BCUT2D eigenvalue weighted by molar-refractivity contribution is -0.208. The van der Waals surface area contributed by atoms with E-state index in [1.54, 1.807) is 31.2 Å². The Morgan fingerprint density at radius 2 is 1.92 bits per heavy atom. The number of hydrogen-bond donors (Lipinski definition) is 2. The van der Waals surface area contributed by atoms with E-state index in [1.807, 2.05) is 0 Å². The van der Waals surface area contributed by atoms with Crippen molar-refractivity contribution in [3.8, 4) is 5.75 Å². The number of ether oxygens (including phenoxy) is 1. The number of hydrogen-bond acceptors (Lipinski definition) is 4. The molecule has 0 aliphatic heterocycles. The number of nitrogens with zero attached hydrogens (tertiary/aromatic N) is 1. The molecule has 0 spiro atoms.